The highest BCUT2D eigenvalue weighted by Crippen LogP contribution is 2.05. The largest absolute Gasteiger partial charge is 0.290 e. The van der Waals surface area contributed by atoms with Crippen molar-refractivity contribution in [2.45, 2.75) is 33.6 Å². The van der Waals surface area contributed by atoms with Crippen molar-refractivity contribution in [3.05, 3.63) is 23.3 Å². The van der Waals surface area contributed by atoms with Crippen LogP contribution in [0.25, 0.3) is 0 Å². The van der Waals surface area contributed by atoms with Crippen molar-refractivity contribution in [2.75, 3.05) is 6.54 Å². The summed E-state index contributed by atoms with van der Waals surface area (Å²) in [5.41, 5.74) is 7.95. The van der Waals surface area contributed by atoms with Crippen molar-refractivity contribution in [3.8, 4) is 0 Å². The van der Waals surface area contributed by atoms with Gasteiger partial charge in [0, 0.05) is 6.21 Å². The molecule has 0 atom stereocenters. The summed E-state index contributed by atoms with van der Waals surface area (Å²) in [6, 6.07) is 0. The van der Waals surface area contributed by atoms with E-state index >= 15 is 0 Å². The van der Waals surface area contributed by atoms with Crippen molar-refractivity contribution >= 4 is 12.1 Å². The van der Waals surface area contributed by atoms with Crippen molar-refractivity contribution < 1.29 is 5.41 Å². The van der Waals surface area contributed by atoms with Crippen molar-refractivity contribution in [1.82, 2.24) is 0 Å². The number of nitrogens with zero attached hydrogens (tertiary/aromatic N) is 1. The molecule has 0 aromatic rings. The minimum atomic E-state index is 0.349. The number of hydrogen-bond acceptors (Lipinski definition) is 1. The van der Waals surface area contributed by atoms with Crippen molar-refractivity contribution in [1.29, 1.82) is 0 Å². The van der Waals surface area contributed by atoms with Crippen LogP contribution in [-0.2, 0) is 0 Å². The average Bonchev–Trinajstić information content (AvgIpc) is 2.11. The molecule has 0 aliphatic rings. The summed E-state index contributed by atoms with van der Waals surface area (Å²) in [6.45, 7) is 6.72. The highest BCUT2D eigenvalue weighted by molar-refractivity contribution is 5.80. The maximum absolute atomic E-state index is 5.28. The van der Waals surface area contributed by atoms with Gasteiger partial charge in [-0.3, -0.25) is 16.1 Å². The highest BCUT2D eigenvalue weighted by Gasteiger charge is 1.89. The van der Waals surface area contributed by atoms with E-state index in [0.717, 1.165) is 12.8 Å². The molecule has 0 aromatic carbocycles. The lowest BCUT2D eigenvalue weighted by Gasteiger charge is -1.96. The standard InChI is InChI=1S/C12H21N3/c1-10(2)5-4-6-11(3)7-8-15-9-12(13)14/h5,7-8H,4,6,9H2,1-3H3,(H3,13,14)/p+1/b11-7+,15-8?. The van der Waals surface area contributed by atoms with E-state index in [1.165, 1.54) is 11.1 Å². The monoisotopic (exact) mass is 208 g/mol. The zero-order valence-corrected chi connectivity index (χ0v) is 9.96. The van der Waals surface area contributed by atoms with Crippen LogP contribution in [0.2, 0.25) is 0 Å². The Morgan fingerprint density at radius 2 is 2.00 bits per heavy atom. The van der Waals surface area contributed by atoms with E-state index in [4.69, 9.17) is 11.1 Å². The molecule has 0 saturated carbocycles. The van der Waals surface area contributed by atoms with Crippen LogP contribution in [0.1, 0.15) is 33.6 Å². The Bertz CT molecular complexity index is 281. The van der Waals surface area contributed by atoms with Gasteiger partial charge in [-0.05, 0) is 39.7 Å². The summed E-state index contributed by atoms with van der Waals surface area (Å²) < 4.78 is 0. The molecule has 0 unspecified atom stereocenters. The second-order valence-electron chi connectivity index (χ2n) is 3.90. The van der Waals surface area contributed by atoms with Crippen molar-refractivity contribution in [3.63, 3.8) is 0 Å². The molecular formula is C12H22N3+. The lowest BCUT2D eigenvalue weighted by molar-refractivity contribution is -0.116. The van der Waals surface area contributed by atoms with E-state index < -0.39 is 0 Å². The molecule has 15 heavy (non-hydrogen) atoms. The summed E-state index contributed by atoms with van der Waals surface area (Å²) in [5, 5.41) is 5.28. The number of amidine groups is 1. The fraction of sp³-hybridized carbons (Fsp3) is 0.500. The number of hydrogen-bond donors (Lipinski definition) is 2. The molecule has 0 spiro atoms. The van der Waals surface area contributed by atoms with Gasteiger partial charge in [0.05, 0.1) is 0 Å². The van der Waals surface area contributed by atoms with Crippen LogP contribution >= 0.6 is 0 Å². The zero-order chi connectivity index (χ0) is 11.7. The summed E-state index contributed by atoms with van der Waals surface area (Å²) >= 11 is 0. The van der Waals surface area contributed by atoms with Gasteiger partial charge in [-0.15, -0.1) is 0 Å². The second-order valence-corrected chi connectivity index (χ2v) is 3.90. The molecule has 3 nitrogen and oxygen atoms in total. The molecule has 0 aliphatic carbocycles. The smallest absolute Gasteiger partial charge is 0.260 e. The highest BCUT2D eigenvalue weighted by atomic mass is 14.8. The van der Waals surface area contributed by atoms with Crippen LogP contribution < -0.4 is 11.1 Å². The Labute approximate surface area is 92.3 Å². The predicted molar refractivity (Wildman–Crippen MR) is 66.9 cm³/mol. The quantitative estimate of drug-likeness (QED) is 0.379. The van der Waals surface area contributed by atoms with Gasteiger partial charge in [-0.1, -0.05) is 17.2 Å². The summed E-state index contributed by atoms with van der Waals surface area (Å²) in [4.78, 5) is 4.05. The summed E-state index contributed by atoms with van der Waals surface area (Å²) in [5.74, 6) is 0.349. The molecular weight excluding hydrogens is 186 g/mol. The van der Waals surface area contributed by atoms with Gasteiger partial charge in [0.1, 0.15) is 6.54 Å². The molecule has 84 valence electrons. The fourth-order valence-electron chi connectivity index (χ4n) is 1.01. The third-order valence-electron chi connectivity index (χ3n) is 1.83. The number of allylic oxidation sites excluding steroid dienone is 4. The second kappa shape index (κ2) is 7.97. The summed E-state index contributed by atoms with van der Waals surface area (Å²) in [6.07, 6.45) is 8.15. The van der Waals surface area contributed by atoms with Gasteiger partial charge in [-0.2, -0.15) is 0 Å². The Balaban J connectivity index is 3.84. The molecule has 0 aliphatic heterocycles. The van der Waals surface area contributed by atoms with Gasteiger partial charge >= 0.3 is 0 Å². The molecule has 4 N–H and O–H groups in total. The molecule has 0 amide bonds. The number of rotatable bonds is 6. The van der Waals surface area contributed by atoms with Crippen LogP contribution in [0.4, 0.5) is 0 Å². The molecule has 3 heteroatoms. The third-order valence-corrected chi connectivity index (χ3v) is 1.83. The van der Waals surface area contributed by atoms with E-state index in [2.05, 4.69) is 31.8 Å². The minimum Gasteiger partial charge on any atom is -0.290 e. The van der Waals surface area contributed by atoms with E-state index in [1.807, 2.05) is 6.08 Å². The third kappa shape index (κ3) is 10.5. The lowest BCUT2D eigenvalue weighted by atomic mass is 10.1. The molecule has 0 radical (unpaired) electrons. The SMILES string of the molecule is CC(C)=CCC/C(C)=C/C=NCC(N)=[NH2+]. The molecule has 0 saturated heterocycles. The topological polar surface area (TPSA) is 64.0 Å². The van der Waals surface area contributed by atoms with E-state index in [9.17, 15) is 0 Å². The number of aliphatic imine (C=N–C) groups is 1. The molecule has 0 aromatic heterocycles. The lowest BCUT2D eigenvalue weighted by Crippen LogP contribution is -2.47. The van der Waals surface area contributed by atoms with Gasteiger partial charge in [0.25, 0.3) is 5.84 Å². The first-order valence-electron chi connectivity index (χ1n) is 5.18. The normalized spacial score (nSPS) is 11.8. The first-order valence-corrected chi connectivity index (χ1v) is 5.18. The van der Waals surface area contributed by atoms with Gasteiger partial charge < -0.3 is 0 Å². The molecule has 0 heterocycles. The predicted octanol–water partition coefficient (Wildman–Crippen LogP) is 0.866. The van der Waals surface area contributed by atoms with Gasteiger partial charge in [0.15, 0.2) is 0 Å². The van der Waals surface area contributed by atoms with E-state index in [0.29, 0.717) is 12.4 Å². The summed E-state index contributed by atoms with van der Waals surface area (Å²) in [7, 11) is 0. The van der Waals surface area contributed by atoms with Crippen LogP contribution in [0.3, 0.4) is 0 Å². The Hall–Kier alpha value is -1.38. The first kappa shape index (κ1) is 13.6. The van der Waals surface area contributed by atoms with Crippen LogP contribution in [0, 0.1) is 0 Å². The Morgan fingerprint density at radius 3 is 2.53 bits per heavy atom. The first-order chi connectivity index (χ1) is 7.02. The minimum absolute atomic E-state index is 0.349. The maximum Gasteiger partial charge on any atom is 0.260 e. The molecule has 0 fully saturated rings. The Morgan fingerprint density at radius 1 is 1.33 bits per heavy atom. The van der Waals surface area contributed by atoms with Crippen LogP contribution in [0.5, 0.6) is 0 Å². The maximum atomic E-state index is 5.28. The molecule has 0 rings (SSSR count). The van der Waals surface area contributed by atoms with Crippen LogP contribution in [-0.4, -0.2) is 18.6 Å². The van der Waals surface area contributed by atoms with E-state index in [-0.39, 0.29) is 0 Å². The number of nitrogens with two attached hydrogens (primary N) is 2. The zero-order valence-electron chi connectivity index (χ0n) is 9.96. The van der Waals surface area contributed by atoms with Gasteiger partial charge in [0.2, 0.25) is 0 Å². The van der Waals surface area contributed by atoms with Crippen molar-refractivity contribution in [2.24, 2.45) is 10.7 Å². The Kier molecular flexibility index (Phi) is 7.24. The van der Waals surface area contributed by atoms with E-state index in [1.54, 1.807) is 6.21 Å². The molecule has 0 bridgehead atoms. The average molecular weight is 208 g/mol. The van der Waals surface area contributed by atoms with Crippen LogP contribution in [0.15, 0.2) is 28.3 Å². The fourth-order valence-corrected chi connectivity index (χ4v) is 1.01. The van der Waals surface area contributed by atoms with Gasteiger partial charge in [-0.25, -0.2) is 0 Å².